The number of aromatic nitrogens is 2. The predicted molar refractivity (Wildman–Crippen MR) is 73.7 cm³/mol. The number of sulfonamides is 1. The standard InChI is InChI=1S/C12H19F3N4O2S/c1-2-19-8-11(6-16-19)22(20,21)17-10-4-3-5-18(7-10)9-12(13,14)15/h6,8,10,17H,2-5,7,9H2,1H3/t10-/m0/s1. The minimum Gasteiger partial charge on any atom is -0.293 e. The summed E-state index contributed by atoms with van der Waals surface area (Å²) in [5.41, 5.74) is 0. The van der Waals surface area contributed by atoms with E-state index in [9.17, 15) is 21.6 Å². The van der Waals surface area contributed by atoms with Gasteiger partial charge in [-0.3, -0.25) is 9.58 Å². The van der Waals surface area contributed by atoms with E-state index in [1.54, 1.807) is 0 Å². The van der Waals surface area contributed by atoms with Gasteiger partial charge in [0.2, 0.25) is 10.0 Å². The number of halogens is 3. The van der Waals surface area contributed by atoms with Crippen LogP contribution in [0.5, 0.6) is 0 Å². The molecule has 0 aromatic carbocycles. The van der Waals surface area contributed by atoms with Gasteiger partial charge in [0.25, 0.3) is 0 Å². The maximum atomic E-state index is 12.4. The summed E-state index contributed by atoms with van der Waals surface area (Å²) in [7, 11) is -3.76. The first-order valence-corrected chi connectivity index (χ1v) is 8.52. The van der Waals surface area contributed by atoms with E-state index in [0.29, 0.717) is 25.9 Å². The second kappa shape index (κ2) is 6.55. The SMILES string of the molecule is CCn1cc(S(=O)(=O)N[C@H]2CCCN(CC(F)(F)F)C2)cn1. The van der Waals surface area contributed by atoms with Crippen LogP contribution in [0, 0.1) is 0 Å². The molecule has 0 saturated carbocycles. The van der Waals surface area contributed by atoms with Crippen molar-refractivity contribution in [3.8, 4) is 0 Å². The fourth-order valence-corrected chi connectivity index (χ4v) is 3.71. The zero-order chi connectivity index (χ0) is 16.4. The smallest absolute Gasteiger partial charge is 0.293 e. The molecule has 0 radical (unpaired) electrons. The van der Waals surface area contributed by atoms with Crippen LogP contribution in [0.15, 0.2) is 17.3 Å². The normalized spacial score (nSPS) is 21.2. The number of rotatable bonds is 5. The third-order valence-electron chi connectivity index (χ3n) is 3.47. The Morgan fingerprint density at radius 1 is 1.45 bits per heavy atom. The minimum absolute atomic E-state index is 0.0299. The Hall–Kier alpha value is -1.13. The molecular formula is C12H19F3N4O2S. The molecule has 1 aromatic heterocycles. The van der Waals surface area contributed by atoms with Gasteiger partial charge in [-0.15, -0.1) is 0 Å². The number of hydrogen-bond donors (Lipinski definition) is 1. The molecule has 0 spiro atoms. The van der Waals surface area contributed by atoms with E-state index in [1.165, 1.54) is 22.0 Å². The van der Waals surface area contributed by atoms with E-state index in [2.05, 4.69) is 9.82 Å². The van der Waals surface area contributed by atoms with Crippen LogP contribution < -0.4 is 4.72 Å². The zero-order valence-corrected chi connectivity index (χ0v) is 13.0. The molecular weight excluding hydrogens is 321 g/mol. The molecule has 0 aliphatic carbocycles. The zero-order valence-electron chi connectivity index (χ0n) is 12.2. The quantitative estimate of drug-likeness (QED) is 0.875. The first-order chi connectivity index (χ1) is 10.2. The van der Waals surface area contributed by atoms with Gasteiger partial charge in [-0.1, -0.05) is 0 Å². The van der Waals surface area contributed by atoms with Crippen LogP contribution >= 0.6 is 0 Å². The van der Waals surface area contributed by atoms with E-state index in [0.717, 1.165) is 0 Å². The van der Waals surface area contributed by atoms with Crippen molar-refractivity contribution in [1.82, 2.24) is 19.4 Å². The third-order valence-corrected chi connectivity index (χ3v) is 4.95. The summed E-state index contributed by atoms with van der Waals surface area (Å²) in [6.45, 7) is 1.73. The first kappa shape index (κ1) is 17.2. The van der Waals surface area contributed by atoms with Crippen molar-refractivity contribution in [3.63, 3.8) is 0 Å². The molecule has 0 unspecified atom stereocenters. The maximum Gasteiger partial charge on any atom is 0.401 e. The number of hydrogen-bond acceptors (Lipinski definition) is 4. The molecule has 2 rings (SSSR count). The monoisotopic (exact) mass is 340 g/mol. The lowest BCUT2D eigenvalue weighted by molar-refractivity contribution is -0.148. The van der Waals surface area contributed by atoms with Crippen molar-refractivity contribution in [2.75, 3.05) is 19.6 Å². The van der Waals surface area contributed by atoms with Crippen LogP contribution in [-0.4, -0.2) is 55.0 Å². The highest BCUT2D eigenvalue weighted by atomic mass is 32.2. The van der Waals surface area contributed by atoms with E-state index in [1.807, 2.05) is 6.92 Å². The van der Waals surface area contributed by atoms with Crippen molar-refractivity contribution < 1.29 is 21.6 Å². The summed E-state index contributed by atoms with van der Waals surface area (Å²) in [5, 5.41) is 3.90. The Kier molecular flexibility index (Phi) is 5.13. The van der Waals surface area contributed by atoms with Crippen LogP contribution in [0.4, 0.5) is 13.2 Å². The van der Waals surface area contributed by atoms with Crippen molar-refractivity contribution in [2.45, 2.75) is 43.4 Å². The fraction of sp³-hybridized carbons (Fsp3) is 0.750. The lowest BCUT2D eigenvalue weighted by atomic mass is 10.1. The molecule has 1 N–H and O–H groups in total. The average Bonchev–Trinajstić information content (AvgIpc) is 2.86. The number of nitrogens with zero attached hydrogens (tertiary/aromatic N) is 3. The molecule has 1 aliphatic heterocycles. The molecule has 1 saturated heterocycles. The van der Waals surface area contributed by atoms with Gasteiger partial charge in [0.15, 0.2) is 0 Å². The van der Waals surface area contributed by atoms with Gasteiger partial charge in [0.05, 0.1) is 12.7 Å². The highest BCUT2D eigenvalue weighted by Crippen LogP contribution is 2.20. The number of likely N-dealkylation sites (tertiary alicyclic amines) is 1. The van der Waals surface area contributed by atoms with Crippen molar-refractivity contribution in [3.05, 3.63) is 12.4 Å². The van der Waals surface area contributed by atoms with Crippen LogP contribution in [0.3, 0.4) is 0 Å². The Balaban J connectivity index is 2.00. The Morgan fingerprint density at radius 3 is 2.77 bits per heavy atom. The van der Waals surface area contributed by atoms with Crippen molar-refractivity contribution in [1.29, 1.82) is 0 Å². The van der Waals surface area contributed by atoms with E-state index in [-0.39, 0.29) is 11.4 Å². The summed E-state index contributed by atoms with van der Waals surface area (Å²) >= 11 is 0. The van der Waals surface area contributed by atoms with E-state index in [4.69, 9.17) is 0 Å². The van der Waals surface area contributed by atoms with Crippen LogP contribution in [0.2, 0.25) is 0 Å². The highest BCUT2D eigenvalue weighted by molar-refractivity contribution is 7.89. The van der Waals surface area contributed by atoms with Gasteiger partial charge in [0.1, 0.15) is 4.90 Å². The van der Waals surface area contributed by atoms with Gasteiger partial charge in [-0.05, 0) is 26.3 Å². The summed E-state index contributed by atoms with van der Waals surface area (Å²) in [6.07, 6.45) is -0.587. The molecule has 22 heavy (non-hydrogen) atoms. The molecule has 0 amide bonds. The lowest BCUT2D eigenvalue weighted by Crippen LogP contribution is -2.49. The van der Waals surface area contributed by atoms with Gasteiger partial charge in [-0.2, -0.15) is 18.3 Å². The van der Waals surface area contributed by atoms with Gasteiger partial charge >= 0.3 is 6.18 Å². The van der Waals surface area contributed by atoms with Crippen LogP contribution in [-0.2, 0) is 16.6 Å². The Labute approximate surface area is 127 Å². The first-order valence-electron chi connectivity index (χ1n) is 7.03. The molecule has 6 nitrogen and oxygen atoms in total. The molecule has 1 aliphatic rings. The fourth-order valence-electron chi connectivity index (χ4n) is 2.49. The van der Waals surface area contributed by atoms with Gasteiger partial charge < -0.3 is 0 Å². The summed E-state index contributed by atoms with van der Waals surface area (Å²) in [6, 6.07) is -0.522. The molecule has 1 aromatic rings. The molecule has 126 valence electrons. The minimum atomic E-state index is -4.27. The van der Waals surface area contributed by atoms with E-state index < -0.39 is 28.8 Å². The molecule has 1 atom stereocenters. The number of nitrogens with one attached hydrogen (secondary N) is 1. The van der Waals surface area contributed by atoms with Gasteiger partial charge in [-0.25, -0.2) is 13.1 Å². The van der Waals surface area contributed by atoms with Crippen molar-refractivity contribution >= 4 is 10.0 Å². The van der Waals surface area contributed by atoms with Crippen LogP contribution in [0.25, 0.3) is 0 Å². The molecule has 1 fully saturated rings. The van der Waals surface area contributed by atoms with Crippen molar-refractivity contribution in [2.24, 2.45) is 0 Å². The Bertz CT molecular complexity index is 600. The number of piperidine rings is 1. The Morgan fingerprint density at radius 2 is 2.18 bits per heavy atom. The summed E-state index contributed by atoms with van der Waals surface area (Å²) in [5.74, 6) is 0. The average molecular weight is 340 g/mol. The number of alkyl halides is 3. The third kappa shape index (κ3) is 4.68. The molecule has 10 heteroatoms. The number of aryl methyl sites for hydroxylation is 1. The summed E-state index contributed by atoms with van der Waals surface area (Å²) in [4.78, 5) is 1.26. The van der Waals surface area contributed by atoms with Gasteiger partial charge in [0, 0.05) is 25.3 Å². The highest BCUT2D eigenvalue weighted by Gasteiger charge is 2.34. The lowest BCUT2D eigenvalue weighted by Gasteiger charge is -2.33. The topological polar surface area (TPSA) is 67.2 Å². The van der Waals surface area contributed by atoms with E-state index >= 15 is 0 Å². The molecule has 2 heterocycles. The predicted octanol–water partition coefficient (Wildman–Crippen LogP) is 1.21. The maximum absolute atomic E-state index is 12.4. The molecule has 0 bridgehead atoms. The van der Waals surface area contributed by atoms with Crippen LogP contribution in [0.1, 0.15) is 19.8 Å². The second-order valence-electron chi connectivity index (χ2n) is 5.34. The summed E-state index contributed by atoms with van der Waals surface area (Å²) < 4.78 is 65.6. The second-order valence-corrected chi connectivity index (χ2v) is 7.06. The largest absolute Gasteiger partial charge is 0.401 e.